The number of nitrogens with zero attached hydrogens (tertiary/aromatic N) is 2. The fourth-order valence-electron chi connectivity index (χ4n) is 10.8. The number of fused-ring (bicyclic) bond motifs is 2. The Hall–Kier alpha value is -2.99. The number of nitrogens with one attached hydrogen (secondary N) is 2. The molecule has 0 radical (unpaired) electrons. The molecule has 58 heavy (non-hydrogen) atoms. The Kier molecular flexibility index (Phi) is 13.5. The molecule has 326 valence electrons. The van der Waals surface area contributed by atoms with Crippen molar-refractivity contribution in [3.63, 3.8) is 0 Å². The van der Waals surface area contributed by atoms with Crippen LogP contribution in [0.15, 0.2) is 17.1 Å². The summed E-state index contributed by atoms with van der Waals surface area (Å²) in [7, 11) is 2.86. The van der Waals surface area contributed by atoms with Crippen molar-refractivity contribution in [1.82, 2.24) is 15.5 Å². The molecule has 12 unspecified atom stereocenters. The zero-order valence-corrected chi connectivity index (χ0v) is 33.0. The number of nitrogens with two attached hydrogens (primary N) is 2. The van der Waals surface area contributed by atoms with Crippen molar-refractivity contribution < 1.29 is 69.1 Å². The van der Waals surface area contributed by atoms with E-state index in [0.717, 1.165) is 17.1 Å². The first kappa shape index (κ1) is 44.6. The Labute approximate surface area is 335 Å². The molecule has 2 amide bonds. The minimum absolute atomic E-state index is 0.130. The molecule has 20 heteroatoms. The third kappa shape index (κ3) is 7.87. The van der Waals surface area contributed by atoms with Gasteiger partial charge in [-0.15, -0.1) is 0 Å². The van der Waals surface area contributed by atoms with Crippen LogP contribution in [-0.2, 0) is 33.4 Å². The summed E-state index contributed by atoms with van der Waals surface area (Å²) in [6.07, 6.45) is -7.80. The lowest BCUT2D eigenvalue weighted by Crippen LogP contribution is -2.75. The molecule has 5 fully saturated rings. The molecule has 2 saturated heterocycles. The molecule has 3 aliphatic carbocycles. The van der Waals surface area contributed by atoms with Crippen molar-refractivity contribution in [3.05, 3.63) is 12.2 Å². The van der Waals surface area contributed by atoms with Crippen molar-refractivity contribution in [2.24, 2.45) is 69.7 Å². The van der Waals surface area contributed by atoms with Crippen LogP contribution in [0.4, 0.5) is 0 Å². The maximum absolute atomic E-state index is 14.7. The maximum atomic E-state index is 14.7. The van der Waals surface area contributed by atoms with E-state index in [2.05, 4.69) is 15.6 Å². The van der Waals surface area contributed by atoms with Gasteiger partial charge in [0.15, 0.2) is 12.2 Å². The third-order valence-corrected chi connectivity index (χ3v) is 14.1. The zero-order valence-electron chi connectivity index (χ0n) is 33.0. The van der Waals surface area contributed by atoms with Crippen LogP contribution in [0.5, 0.6) is 0 Å². The summed E-state index contributed by atoms with van der Waals surface area (Å²) in [5.74, 6) is -12.2. The second-order valence-electron chi connectivity index (χ2n) is 17.1. The van der Waals surface area contributed by atoms with E-state index < -0.39 is 133 Å². The molecule has 3 saturated carbocycles. The Bertz CT molecular complexity index is 1600. The molecule has 20 nitrogen and oxygen atoms in total. The first-order valence-corrected chi connectivity index (χ1v) is 20.1. The number of carbonyl (C=O) groups excluding carboxylic acids is 4. The number of hydrogen-bond donors (Lipinski definition) is 11. The number of aliphatic hydroxyl groups is 7. The van der Waals surface area contributed by atoms with Gasteiger partial charge in [-0.2, -0.15) is 0 Å². The number of hydrogen-bond acceptors (Lipinski definition) is 17. The van der Waals surface area contributed by atoms with Crippen LogP contribution < -0.4 is 22.1 Å². The van der Waals surface area contributed by atoms with Gasteiger partial charge in [0.2, 0.25) is 5.79 Å². The normalized spacial score (nSPS) is 45.3. The standard InChI is InChI=1S/C38H60N6O14/c1-16-8-19-28(31(50)20(16)12-43-36(40)41-2)32(51)29-23(10-22(56-3)21(14-45)27(29)30(19)49)57-35-33(52)34(53)37(54,38(55,15-46)58-35)11-18(17-6-7-42-24(39)9-17)13-44-25(47)4-5-26(44)48/h4-5,16-24,27-29,31,33-35,42,45-46,50,52-55H,6-15,39H2,1-3H3,(H3,40,41,43)/t16?,17?,18-,19?,20?,21?,22?,23?,24?,27?,28?,29?,31?,33-,34-,35+,37+,38-/m1/s1. The van der Waals surface area contributed by atoms with Crippen LogP contribution >= 0.6 is 0 Å². The average molecular weight is 825 g/mol. The molecule has 0 spiro atoms. The fraction of sp³-hybridized carbons (Fsp3) is 0.816. The molecule has 3 heterocycles. The van der Waals surface area contributed by atoms with Gasteiger partial charge in [-0.25, -0.2) is 0 Å². The second kappa shape index (κ2) is 17.5. The number of ether oxygens (including phenoxy) is 3. The molecule has 13 N–H and O–H groups in total. The van der Waals surface area contributed by atoms with Crippen molar-refractivity contribution in [2.75, 3.05) is 47.0 Å². The van der Waals surface area contributed by atoms with Gasteiger partial charge in [-0.1, -0.05) is 6.92 Å². The molecule has 0 aromatic rings. The summed E-state index contributed by atoms with van der Waals surface area (Å²) >= 11 is 0. The number of Topliss-reactive ketones (excluding diaryl/α,β-unsaturated/α-hetero) is 2. The Balaban J connectivity index is 1.29. The van der Waals surface area contributed by atoms with E-state index in [-0.39, 0.29) is 49.5 Å². The van der Waals surface area contributed by atoms with E-state index >= 15 is 0 Å². The van der Waals surface area contributed by atoms with Gasteiger partial charge in [0, 0.05) is 76.1 Å². The molecule has 0 aromatic heterocycles. The third-order valence-electron chi connectivity index (χ3n) is 14.1. The predicted molar refractivity (Wildman–Crippen MR) is 200 cm³/mol. The summed E-state index contributed by atoms with van der Waals surface area (Å²) in [5.41, 5.74) is 9.18. The van der Waals surface area contributed by atoms with Crippen molar-refractivity contribution in [3.8, 4) is 0 Å². The van der Waals surface area contributed by atoms with E-state index in [1.807, 2.05) is 6.92 Å². The largest absolute Gasteiger partial charge is 0.396 e. The number of methoxy groups -OCH3 is 1. The summed E-state index contributed by atoms with van der Waals surface area (Å²) in [4.78, 5) is 59.2. The number of ketones is 2. The number of aliphatic imine (C=N–C) groups is 1. The van der Waals surface area contributed by atoms with Gasteiger partial charge in [0.05, 0.1) is 36.3 Å². The highest BCUT2D eigenvalue weighted by atomic mass is 16.8. The van der Waals surface area contributed by atoms with E-state index in [9.17, 15) is 54.9 Å². The van der Waals surface area contributed by atoms with Gasteiger partial charge in [-0.05, 0) is 50.0 Å². The number of aliphatic hydroxyl groups excluding tert-OH is 5. The van der Waals surface area contributed by atoms with Gasteiger partial charge in [0.1, 0.15) is 36.0 Å². The monoisotopic (exact) mass is 824 g/mol. The van der Waals surface area contributed by atoms with Gasteiger partial charge >= 0.3 is 0 Å². The molecule has 0 aromatic carbocycles. The molecule has 6 aliphatic rings. The summed E-state index contributed by atoms with van der Waals surface area (Å²) < 4.78 is 17.7. The lowest BCUT2D eigenvalue weighted by atomic mass is 9.51. The Morgan fingerprint density at radius 2 is 1.71 bits per heavy atom. The smallest absolute Gasteiger partial charge is 0.253 e. The molecular weight excluding hydrogens is 764 g/mol. The summed E-state index contributed by atoms with van der Waals surface area (Å²) in [5, 5.41) is 86.3. The predicted octanol–water partition coefficient (Wildman–Crippen LogP) is -4.73. The lowest BCUT2D eigenvalue weighted by Gasteiger charge is -2.56. The number of guanidine groups is 1. The number of carbonyl (C=O) groups is 4. The highest BCUT2D eigenvalue weighted by Gasteiger charge is 2.67. The molecule has 18 atom stereocenters. The second-order valence-corrected chi connectivity index (χ2v) is 17.1. The average Bonchev–Trinajstić information content (AvgIpc) is 3.52. The molecular formula is C38H60N6O14. The zero-order chi connectivity index (χ0) is 42.4. The number of rotatable bonds is 12. The number of piperidine rings is 1. The van der Waals surface area contributed by atoms with Crippen LogP contribution in [0.2, 0.25) is 0 Å². The van der Waals surface area contributed by atoms with E-state index in [4.69, 9.17) is 25.7 Å². The van der Waals surface area contributed by atoms with Crippen LogP contribution in [0.1, 0.15) is 39.0 Å². The van der Waals surface area contributed by atoms with Crippen molar-refractivity contribution >= 4 is 29.3 Å². The molecule has 6 rings (SSSR count). The van der Waals surface area contributed by atoms with Crippen LogP contribution in [0.3, 0.4) is 0 Å². The number of amides is 2. The van der Waals surface area contributed by atoms with Crippen LogP contribution in [0.25, 0.3) is 0 Å². The van der Waals surface area contributed by atoms with Gasteiger partial charge < -0.3 is 72.1 Å². The van der Waals surface area contributed by atoms with Crippen molar-refractivity contribution in [2.45, 2.75) is 93.4 Å². The van der Waals surface area contributed by atoms with Crippen molar-refractivity contribution in [1.29, 1.82) is 0 Å². The fourth-order valence-corrected chi connectivity index (χ4v) is 10.8. The maximum Gasteiger partial charge on any atom is 0.253 e. The Morgan fingerprint density at radius 3 is 2.31 bits per heavy atom. The minimum atomic E-state index is -3.03. The van der Waals surface area contributed by atoms with E-state index in [0.29, 0.717) is 19.4 Å². The quantitative estimate of drug-likeness (QED) is 0.0500. The molecule has 3 aliphatic heterocycles. The lowest BCUT2D eigenvalue weighted by molar-refractivity contribution is -0.437. The number of imide groups is 1. The molecule has 0 bridgehead atoms. The van der Waals surface area contributed by atoms with E-state index in [1.165, 1.54) is 14.2 Å². The topological polar surface area (TPSA) is 329 Å². The minimum Gasteiger partial charge on any atom is -0.396 e. The van der Waals surface area contributed by atoms with Crippen LogP contribution in [-0.4, -0.2) is 171 Å². The highest BCUT2D eigenvalue weighted by molar-refractivity contribution is 6.12. The first-order valence-electron chi connectivity index (χ1n) is 20.1. The summed E-state index contributed by atoms with van der Waals surface area (Å²) in [6, 6.07) is 0. The highest BCUT2D eigenvalue weighted by Crippen LogP contribution is 2.53. The Morgan fingerprint density at radius 1 is 1.02 bits per heavy atom. The van der Waals surface area contributed by atoms with Gasteiger partial charge in [0.25, 0.3) is 11.8 Å². The van der Waals surface area contributed by atoms with Gasteiger partial charge in [-0.3, -0.25) is 29.1 Å². The van der Waals surface area contributed by atoms with Crippen LogP contribution in [0, 0.1) is 53.3 Å². The SMILES string of the molecule is CN=C(N)NCC1C(C)CC2C(=O)C3C(CO)C(OC)CC(O[C@H]4O[C@](O)(CO)[C@](O)(C[C@H](CN5C(=O)C=CC5=O)C5CCNC(N)C5)[C@H](O)[C@H]4O)C3C(=O)C2C1O. The first-order chi connectivity index (χ1) is 27.4. The summed E-state index contributed by atoms with van der Waals surface area (Å²) in [6.45, 7) is 0.396. The van der Waals surface area contributed by atoms with E-state index in [1.54, 1.807) is 0 Å².